The molecule has 1 heterocycles. The normalized spacial score (nSPS) is 16.2. The van der Waals surface area contributed by atoms with E-state index in [4.69, 9.17) is 16.6 Å². The van der Waals surface area contributed by atoms with Crippen molar-refractivity contribution in [1.29, 1.82) is 0 Å². The third kappa shape index (κ3) is 5.13. The summed E-state index contributed by atoms with van der Waals surface area (Å²) in [5.74, 6) is 0.504. The number of amides is 1. The quantitative estimate of drug-likeness (QED) is 0.392. The molecule has 1 aliphatic rings. The second-order valence-corrected chi connectivity index (χ2v) is 11.1. The number of nitrogens with zero attached hydrogens (tertiary/aromatic N) is 1. The van der Waals surface area contributed by atoms with Crippen molar-refractivity contribution >= 4 is 45.7 Å². The summed E-state index contributed by atoms with van der Waals surface area (Å²) in [6.07, 6.45) is 4.87. The summed E-state index contributed by atoms with van der Waals surface area (Å²) in [6.45, 7) is 8.99. The maximum Gasteiger partial charge on any atom is 0.259 e. The number of aliphatic imine (C=N–C) groups is 1. The molecule has 0 aliphatic heterocycles. The van der Waals surface area contributed by atoms with Crippen molar-refractivity contribution in [2.24, 2.45) is 16.3 Å². The molecule has 2 aromatic carbocycles. The first-order valence-corrected chi connectivity index (χ1v) is 12.2. The van der Waals surface area contributed by atoms with Crippen molar-refractivity contribution in [3.63, 3.8) is 0 Å². The van der Waals surface area contributed by atoms with Crippen LogP contribution in [0.2, 0.25) is 5.02 Å². The molecule has 0 saturated heterocycles. The fraction of sp³-hybridized carbons (Fsp3) is 0.333. The highest BCUT2D eigenvalue weighted by Crippen LogP contribution is 2.45. The Morgan fingerprint density at radius 2 is 1.81 bits per heavy atom. The smallest absolute Gasteiger partial charge is 0.259 e. The molecule has 0 fully saturated rings. The van der Waals surface area contributed by atoms with Crippen molar-refractivity contribution in [3.8, 4) is 0 Å². The van der Waals surface area contributed by atoms with Gasteiger partial charge in [-0.2, -0.15) is 0 Å². The predicted octanol–water partition coefficient (Wildman–Crippen LogP) is 7.86. The summed E-state index contributed by atoms with van der Waals surface area (Å²) in [4.78, 5) is 19.5. The van der Waals surface area contributed by atoms with Crippen LogP contribution >= 0.6 is 22.9 Å². The molecule has 0 radical (unpaired) electrons. The second kappa shape index (κ2) is 9.21. The molecule has 0 spiro atoms. The molecule has 0 saturated carbocycles. The number of nitrogens with one attached hydrogen (secondary N) is 1. The number of rotatable bonds is 4. The van der Waals surface area contributed by atoms with E-state index in [2.05, 4.69) is 57.3 Å². The lowest BCUT2D eigenvalue weighted by Crippen LogP contribution is -2.27. The number of anilines is 1. The van der Waals surface area contributed by atoms with Gasteiger partial charge in [-0.1, -0.05) is 62.2 Å². The van der Waals surface area contributed by atoms with Gasteiger partial charge >= 0.3 is 0 Å². The monoisotopic (exact) mass is 464 g/mol. The number of halogens is 1. The maximum atomic E-state index is 13.4. The lowest BCUT2D eigenvalue weighted by atomic mass is 9.72. The minimum Gasteiger partial charge on any atom is -0.322 e. The highest BCUT2D eigenvalue weighted by atomic mass is 35.5. The minimum absolute atomic E-state index is 0.102. The van der Waals surface area contributed by atoms with Crippen LogP contribution in [0, 0.1) is 18.3 Å². The van der Waals surface area contributed by atoms with E-state index in [-0.39, 0.29) is 11.3 Å². The molecule has 1 N–H and O–H groups in total. The summed E-state index contributed by atoms with van der Waals surface area (Å²) in [6, 6.07) is 15.5. The molecule has 0 unspecified atom stereocenters. The Bertz CT molecular complexity index is 1140. The van der Waals surface area contributed by atoms with Crippen molar-refractivity contribution in [2.75, 3.05) is 5.32 Å². The summed E-state index contributed by atoms with van der Waals surface area (Å²) >= 11 is 7.66. The van der Waals surface area contributed by atoms with E-state index in [0.717, 1.165) is 46.6 Å². The zero-order valence-electron chi connectivity index (χ0n) is 19.0. The number of fused-ring (bicyclic) bond motifs is 1. The molecule has 0 bridgehead atoms. The SMILES string of the molecule is Cc1ccc(C=Nc2sc3c(c2C(=O)Nc2ccc(Cl)cc2)CC[C@@H](C(C)(C)C)C3)cc1. The van der Waals surface area contributed by atoms with E-state index >= 15 is 0 Å². The Hall–Kier alpha value is -2.43. The van der Waals surface area contributed by atoms with E-state index in [0.29, 0.717) is 10.9 Å². The van der Waals surface area contributed by atoms with Crippen LogP contribution in [0.3, 0.4) is 0 Å². The number of carbonyl (C=O) groups is 1. The number of hydrogen-bond acceptors (Lipinski definition) is 3. The Morgan fingerprint density at radius 3 is 2.47 bits per heavy atom. The first kappa shape index (κ1) is 22.8. The molecule has 5 heteroatoms. The molecule has 1 aliphatic carbocycles. The third-order valence-electron chi connectivity index (χ3n) is 6.21. The van der Waals surface area contributed by atoms with Crippen LogP contribution in [0.1, 0.15) is 59.1 Å². The lowest BCUT2D eigenvalue weighted by molar-refractivity contribution is 0.102. The summed E-state index contributed by atoms with van der Waals surface area (Å²) in [5, 5.41) is 4.48. The van der Waals surface area contributed by atoms with Crippen LogP contribution in [0.5, 0.6) is 0 Å². The Kier molecular flexibility index (Phi) is 6.55. The van der Waals surface area contributed by atoms with E-state index in [1.807, 2.05) is 18.3 Å². The van der Waals surface area contributed by atoms with Crippen LogP contribution in [0.4, 0.5) is 10.7 Å². The van der Waals surface area contributed by atoms with Crippen LogP contribution in [-0.2, 0) is 12.8 Å². The standard InChI is InChI=1S/C27H29ClN2OS/c1-17-5-7-18(8-6-17)16-29-26-24(25(31)30-21-12-10-20(28)11-13-21)22-14-9-19(27(2,3)4)15-23(22)32-26/h5-8,10-13,16,19H,9,14-15H2,1-4H3,(H,30,31)/t19-/m1/s1. The van der Waals surface area contributed by atoms with Gasteiger partial charge < -0.3 is 5.32 Å². The molecule has 32 heavy (non-hydrogen) atoms. The Labute approximate surface area is 199 Å². The maximum absolute atomic E-state index is 13.4. The van der Waals surface area contributed by atoms with Gasteiger partial charge in [0.15, 0.2) is 0 Å². The van der Waals surface area contributed by atoms with Gasteiger partial charge in [0.1, 0.15) is 5.00 Å². The van der Waals surface area contributed by atoms with Crippen LogP contribution in [-0.4, -0.2) is 12.1 Å². The van der Waals surface area contributed by atoms with Gasteiger partial charge in [0.25, 0.3) is 5.91 Å². The minimum atomic E-state index is -0.102. The van der Waals surface area contributed by atoms with E-state index in [9.17, 15) is 4.79 Å². The number of benzene rings is 2. The number of carbonyl (C=O) groups excluding carboxylic acids is 1. The molecule has 166 valence electrons. The van der Waals surface area contributed by atoms with Crippen LogP contribution in [0.15, 0.2) is 53.5 Å². The first-order valence-electron chi connectivity index (χ1n) is 11.0. The molecule has 1 amide bonds. The summed E-state index contributed by atoms with van der Waals surface area (Å²) in [7, 11) is 0. The zero-order valence-corrected chi connectivity index (χ0v) is 20.6. The predicted molar refractivity (Wildman–Crippen MR) is 137 cm³/mol. The van der Waals surface area contributed by atoms with Gasteiger partial charge in [0.2, 0.25) is 0 Å². The van der Waals surface area contributed by atoms with Gasteiger partial charge in [-0.3, -0.25) is 4.79 Å². The number of aryl methyl sites for hydroxylation is 1. The van der Waals surface area contributed by atoms with E-state index < -0.39 is 0 Å². The zero-order chi connectivity index (χ0) is 22.9. The fourth-order valence-electron chi connectivity index (χ4n) is 4.15. The first-order chi connectivity index (χ1) is 15.2. The Morgan fingerprint density at radius 1 is 1.12 bits per heavy atom. The van der Waals surface area contributed by atoms with Crippen molar-refractivity contribution in [2.45, 2.75) is 47.0 Å². The molecule has 3 aromatic rings. The largest absolute Gasteiger partial charge is 0.322 e. The van der Waals surface area contributed by atoms with Crippen molar-refractivity contribution in [3.05, 3.63) is 80.7 Å². The van der Waals surface area contributed by atoms with Crippen molar-refractivity contribution in [1.82, 2.24) is 0 Å². The number of hydrogen-bond donors (Lipinski definition) is 1. The molecule has 3 nitrogen and oxygen atoms in total. The molecule has 1 atom stereocenters. The lowest BCUT2D eigenvalue weighted by Gasteiger charge is -2.33. The highest BCUT2D eigenvalue weighted by Gasteiger charge is 2.33. The van der Waals surface area contributed by atoms with Gasteiger partial charge in [-0.05, 0) is 72.9 Å². The summed E-state index contributed by atoms with van der Waals surface area (Å²) in [5.41, 5.74) is 5.10. The Balaban J connectivity index is 1.69. The second-order valence-electron chi connectivity index (χ2n) is 9.62. The molecule has 1 aromatic heterocycles. The topological polar surface area (TPSA) is 41.5 Å². The van der Waals surface area contributed by atoms with Crippen LogP contribution < -0.4 is 5.32 Å². The summed E-state index contributed by atoms with van der Waals surface area (Å²) < 4.78 is 0. The molecular formula is C27H29ClN2OS. The molecule has 4 rings (SSSR count). The van der Waals surface area contributed by atoms with E-state index in [1.54, 1.807) is 23.5 Å². The van der Waals surface area contributed by atoms with Gasteiger partial charge in [-0.25, -0.2) is 4.99 Å². The average molecular weight is 465 g/mol. The van der Waals surface area contributed by atoms with Gasteiger partial charge in [0, 0.05) is 21.8 Å². The number of thiophene rings is 1. The fourth-order valence-corrected chi connectivity index (χ4v) is 5.54. The average Bonchev–Trinajstić information content (AvgIpc) is 3.12. The van der Waals surface area contributed by atoms with Crippen LogP contribution in [0.25, 0.3) is 0 Å². The molecular weight excluding hydrogens is 436 g/mol. The van der Waals surface area contributed by atoms with Crippen molar-refractivity contribution < 1.29 is 4.79 Å². The highest BCUT2D eigenvalue weighted by molar-refractivity contribution is 7.16. The van der Waals surface area contributed by atoms with Gasteiger partial charge in [0.05, 0.1) is 5.56 Å². The third-order valence-corrected chi connectivity index (χ3v) is 7.62. The van der Waals surface area contributed by atoms with Gasteiger partial charge in [-0.15, -0.1) is 11.3 Å². The van der Waals surface area contributed by atoms with E-state index in [1.165, 1.54) is 10.4 Å².